The quantitative estimate of drug-likeness (QED) is 0.0261. The number of carbonyl (C=O) groups excluding carboxylic acids is 3. The first-order chi connectivity index (χ1) is 41.0. The van der Waals surface area contributed by atoms with Gasteiger partial charge in [-0.1, -0.05) is 301 Å². The summed E-state index contributed by atoms with van der Waals surface area (Å²) in [5, 5.41) is 0. The van der Waals surface area contributed by atoms with Crippen molar-refractivity contribution in [3.05, 3.63) is 158 Å². The van der Waals surface area contributed by atoms with E-state index in [1.165, 1.54) is 116 Å². The maximum absolute atomic E-state index is 12.8. The Labute approximate surface area is 511 Å². The third-order valence-corrected chi connectivity index (χ3v) is 14.0. The molecule has 468 valence electrons. The molecule has 83 heavy (non-hydrogen) atoms. The lowest BCUT2D eigenvalue weighted by Gasteiger charge is -2.18. The van der Waals surface area contributed by atoms with E-state index >= 15 is 0 Å². The van der Waals surface area contributed by atoms with Crippen LogP contribution in [0, 0.1) is 0 Å². The minimum atomic E-state index is -0.844. The highest BCUT2D eigenvalue weighted by atomic mass is 16.6. The fourth-order valence-corrected chi connectivity index (χ4v) is 9.02. The normalized spacial score (nSPS) is 13.1. The Morgan fingerprint density at radius 1 is 0.265 bits per heavy atom. The van der Waals surface area contributed by atoms with Gasteiger partial charge in [0.15, 0.2) is 6.10 Å². The number of hydrogen-bond donors (Lipinski definition) is 0. The van der Waals surface area contributed by atoms with E-state index < -0.39 is 12.1 Å². The van der Waals surface area contributed by atoms with Crippen LogP contribution in [0.5, 0.6) is 0 Å². The zero-order chi connectivity index (χ0) is 59.9. The Morgan fingerprint density at radius 2 is 0.506 bits per heavy atom. The molecule has 0 fully saturated rings. The van der Waals surface area contributed by atoms with Crippen LogP contribution in [-0.4, -0.2) is 37.2 Å². The smallest absolute Gasteiger partial charge is 0.310 e. The second-order valence-corrected chi connectivity index (χ2v) is 22.0. The van der Waals surface area contributed by atoms with Crippen molar-refractivity contribution < 1.29 is 28.6 Å². The highest BCUT2D eigenvalue weighted by Gasteiger charge is 2.19. The molecule has 0 radical (unpaired) electrons. The average molecular weight is 1150 g/mol. The Balaban J connectivity index is 4.25. The van der Waals surface area contributed by atoms with Gasteiger partial charge in [-0.15, -0.1) is 0 Å². The standard InChI is InChI=1S/C77H124O6/c1-4-7-10-13-16-19-22-25-28-29-30-31-32-33-34-35-36-37-38-39-40-41-42-43-44-45-46-47-50-52-55-58-61-64-67-70-76(79)82-73-74(83-77(80)71-68-65-62-59-56-53-49-27-24-21-18-15-12-9-6-3)72-81-75(78)69-66-63-60-57-54-51-48-26-23-20-17-14-11-8-5-2/h7,9-10,12,16-21,25-28,30-31,33-34,36-37,48-49,56,59,65,68,74H,4-6,8,11,13-15,22-24,29,32,35,38-47,50-55,57-58,60-64,66-67,69-73H2,1-3H3/b10-7-,12-9-,19-16-,20-17-,21-18-,28-25-,31-30-,34-33-,37-36-,48-26-,49-27-,59-56-,68-65-. The zero-order valence-corrected chi connectivity index (χ0v) is 53.7. The summed E-state index contributed by atoms with van der Waals surface area (Å²) in [6, 6.07) is 0. The van der Waals surface area contributed by atoms with Gasteiger partial charge < -0.3 is 14.2 Å². The van der Waals surface area contributed by atoms with Crippen LogP contribution in [0.3, 0.4) is 0 Å². The third-order valence-electron chi connectivity index (χ3n) is 14.0. The maximum atomic E-state index is 12.8. The van der Waals surface area contributed by atoms with E-state index in [1.54, 1.807) is 6.08 Å². The Bertz CT molecular complexity index is 1840. The van der Waals surface area contributed by atoms with E-state index in [4.69, 9.17) is 14.2 Å². The van der Waals surface area contributed by atoms with Gasteiger partial charge in [0.2, 0.25) is 0 Å². The predicted octanol–water partition coefficient (Wildman–Crippen LogP) is 23.7. The van der Waals surface area contributed by atoms with Gasteiger partial charge in [-0.2, -0.15) is 0 Å². The van der Waals surface area contributed by atoms with Crippen molar-refractivity contribution in [2.24, 2.45) is 0 Å². The van der Waals surface area contributed by atoms with Gasteiger partial charge in [0, 0.05) is 12.8 Å². The lowest BCUT2D eigenvalue weighted by molar-refractivity contribution is -0.166. The minimum Gasteiger partial charge on any atom is -0.462 e. The molecular formula is C77H124O6. The van der Waals surface area contributed by atoms with E-state index in [9.17, 15) is 14.4 Å². The Kier molecular flexibility index (Phi) is 65.4. The van der Waals surface area contributed by atoms with Crippen molar-refractivity contribution in [1.29, 1.82) is 0 Å². The minimum absolute atomic E-state index is 0.0893. The lowest BCUT2D eigenvalue weighted by Crippen LogP contribution is -2.30. The molecule has 0 heterocycles. The molecule has 0 amide bonds. The SMILES string of the molecule is CC/C=C\C/C=C\C/C=C\C/C=C\C/C=C\C/C=C\CCCCCCCCCCCCCCCCCCC(=O)OCC(COC(=O)CCCCCCC/C=C\C/C=C\CCCCC)OC(=O)C/C=C\C/C=C\C/C=C\C/C=C\C/C=C\CC. The van der Waals surface area contributed by atoms with E-state index in [0.717, 1.165) is 128 Å². The van der Waals surface area contributed by atoms with Crippen LogP contribution < -0.4 is 0 Å². The number of esters is 3. The lowest BCUT2D eigenvalue weighted by atomic mass is 10.0. The number of ether oxygens (including phenoxy) is 3. The van der Waals surface area contributed by atoms with Gasteiger partial charge in [-0.25, -0.2) is 0 Å². The number of carbonyl (C=O) groups is 3. The third kappa shape index (κ3) is 67.7. The predicted molar refractivity (Wildman–Crippen MR) is 362 cm³/mol. The fourth-order valence-electron chi connectivity index (χ4n) is 9.02. The van der Waals surface area contributed by atoms with E-state index in [1.807, 2.05) is 6.08 Å². The number of rotatable bonds is 60. The van der Waals surface area contributed by atoms with Gasteiger partial charge in [0.05, 0.1) is 6.42 Å². The number of allylic oxidation sites excluding steroid dienone is 25. The molecule has 0 saturated heterocycles. The van der Waals surface area contributed by atoms with Crippen LogP contribution in [0.25, 0.3) is 0 Å². The van der Waals surface area contributed by atoms with Gasteiger partial charge in [0.1, 0.15) is 13.2 Å². The van der Waals surface area contributed by atoms with Gasteiger partial charge >= 0.3 is 17.9 Å². The molecule has 1 unspecified atom stereocenters. The first-order valence-corrected chi connectivity index (χ1v) is 34.0. The van der Waals surface area contributed by atoms with Crippen LogP contribution in [-0.2, 0) is 28.6 Å². The van der Waals surface area contributed by atoms with Crippen molar-refractivity contribution in [3.8, 4) is 0 Å². The van der Waals surface area contributed by atoms with Crippen molar-refractivity contribution in [2.45, 2.75) is 297 Å². The molecule has 6 heteroatoms. The summed E-state index contributed by atoms with van der Waals surface area (Å²) in [5.41, 5.74) is 0. The first kappa shape index (κ1) is 78.0. The van der Waals surface area contributed by atoms with E-state index in [-0.39, 0.29) is 31.6 Å². The Morgan fingerprint density at radius 3 is 0.795 bits per heavy atom. The molecule has 0 bridgehead atoms. The summed E-state index contributed by atoms with van der Waals surface area (Å²) < 4.78 is 16.8. The molecule has 0 saturated carbocycles. The Hall–Kier alpha value is -4.97. The van der Waals surface area contributed by atoms with Gasteiger partial charge in [0.25, 0.3) is 0 Å². The molecule has 6 nitrogen and oxygen atoms in total. The molecule has 0 N–H and O–H groups in total. The van der Waals surface area contributed by atoms with Crippen LogP contribution in [0.4, 0.5) is 0 Å². The van der Waals surface area contributed by atoms with Gasteiger partial charge in [-0.3, -0.25) is 14.4 Å². The molecule has 0 aromatic rings. The van der Waals surface area contributed by atoms with Crippen LogP contribution >= 0.6 is 0 Å². The summed E-state index contributed by atoms with van der Waals surface area (Å²) >= 11 is 0. The average Bonchev–Trinajstić information content (AvgIpc) is 3.49. The van der Waals surface area contributed by atoms with E-state index in [0.29, 0.717) is 19.3 Å². The zero-order valence-electron chi connectivity index (χ0n) is 53.7. The van der Waals surface area contributed by atoms with Crippen molar-refractivity contribution >= 4 is 17.9 Å². The van der Waals surface area contributed by atoms with Gasteiger partial charge in [-0.05, 0) is 128 Å². The number of unbranched alkanes of at least 4 members (excludes halogenated alkanes) is 24. The first-order valence-electron chi connectivity index (χ1n) is 34.0. The second kappa shape index (κ2) is 69.5. The highest BCUT2D eigenvalue weighted by Crippen LogP contribution is 2.16. The summed E-state index contributed by atoms with van der Waals surface area (Å²) in [4.78, 5) is 38.2. The maximum Gasteiger partial charge on any atom is 0.310 e. The molecule has 1 atom stereocenters. The largest absolute Gasteiger partial charge is 0.462 e. The summed E-state index contributed by atoms with van der Waals surface area (Å²) in [6.45, 7) is 6.29. The molecule has 0 aliphatic carbocycles. The van der Waals surface area contributed by atoms with E-state index in [2.05, 4.69) is 167 Å². The monoisotopic (exact) mass is 1140 g/mol. The molecule has 0 aromatic carbocycles. The number of hydrogen-bond acceptors (Lipinski definition) is 6. The fraction of sp³-hybridized carbons (Fsp3) is 0.623. The molecule has 0 aliphatic heterocycles. The topological polar surface area (TPSA) is 78.9 Å². The summed E-state index contributed by atoms with van der Waals surface area (Å²) in [5.74, 6) is -1.07. The second-order valence-electron chi connectivity index (χ2n) is 22.0. The molecule has 0 rings (SSSR count). The molecule has 0 spiro atoms. The summed E-state index contributed by atoms with van der Waals surface area (Å²) in [7, 11) is 0. The van der Waals surface area contributed by atoms with Crippen LogP contribution in [0.2, 0.25) is 0 Å². The van der Waals surface area contributed by atoms with Crippen molar-refractivity contribution in [1.82, 2.24) is 0 Å². The summed E-state index contributed by atoms with van der Waals surface area (Å²) in [6.07, 6.45) is 102. The molecular weight excluding hydrogens is 1020 g/mol. The molecule has 0 aliphatic rings. The van der Waals surface area contributed by atoms with Crippen LogP contribution in [0.15, 0.2) is 158 Å². The molecule has 0 aromatic heterocycles. The highest BCUT2D eigenvalue weighted by molar-refractivity contribution is 5.72. The van der Waals surface area contributed by atoms with Crippen molar-refractivity contribution in [2.75, 3.05) is 13.2 Å². The van der Waals surface area contributed by atoms with Crippen molar-refractivity contribution in [3.63, 3.8) is 0 Å². The van der Waals surface area contributed by atoms with Crippen LogP contribution in [0.1, 0.15) is 290 Å².